The van der Waals surface area contributed by atoms with Gasteiger partial charge >= 0.3 is 5.97 Å². The highest BCUT2D eigenvalue weighted by molar-refractivity contribution is 5.72. The molecular weight excluding hydrogens is 480 g/mol. The van der Waals surface area contributed by atoms with Gasteiger partial charge in [0.2, 0.25) is 0 Å². The van der Waals surface area contributed by atoms with Gasteiger partial charge in [-0.25, -0.2) is 0 Å². The van der Waals surface area contributed by atoms with Gasteiger partial charge in [0.25, 0.3) is 0 Å². The standard InChI is InChI=1S/C36H62O3/c1-8-9-10-11-12-13-22-34(37)38-33-26-31(6)35-32(27-33)23-25-36(7,39-35)24-16-21-30(5)20-15-19-29(4)18-14-17-28(2)3/h26-30H,8-25H2,1-7H3/t29-,30-,36-/m1/s1. The highest BCUT2D eigenvalue weighted by Gasteiger charge is 2.32. The molecule has 0 unspecified atom stereocenters. The highest BCUT2D eigenvalue weighted by atomic mass is 16.5. The summed E-state index contributed by atoms with van der Waals surface area (Å²) in [7, 11) is 0. The Kier molecular flexibility index (Phi) is 15.6. The number of aryl methyl sites for hydroxylation is 2. The predicted octanol–water partition coefficient (Wildman–Crippen LogP) is 11.2. The van der Waals surface area contributed by atoms with Gasteiger partial charge in [-0.15, -0.1) is 0 Å². The number of rotatable bonds is 20. The number of ether oxygens (including phenoxy) is 2. The Morgan fingerprint density at radius 2 is 1.49 bits per heavy atom. The van der Waals surface area contributed by atoms with Crippen LogP contribution in [-0.2, 0) is 11.2 Å². The Morgan fingerprint density at radius 1 is 0.872 bits per heavy atom. The third kappa shape index (κ3) is 13.6. The van der Waals surface area contributed by atoms with Crippen LogP contribution in [0.2, 0.25) is 0 Å². The second kappa shape index (κ2) is 18.0. The molecule has 224 valence electrons. The molecule has 0 bridgehead atoms. The summed E-state index contributed by atoms with van der Waals surface area (Å²) in [6.07, 6.45) is 21.5. The molecule has 0 saturated carbocycles. The van der Waals surface area contributed by atoms with Gasteiger partial charge in [-0.3, -0.25) is 4.79 Å². The van der Waals surface area contributed by atoms with Crippen LogP contribution in [0, 0.1) is 24.7 Å². The van der Waals surface area contributed by atoms with Crippen LogP contribution < -0.4 is 9.47 Å². The molecule has 0 aromatic heterocycles. The molecule has 0 spiro atoms. The number of hydrogen-bond donors (Lipinski definition) is 0. The van der Waals surface area contributed by atoms with Crippen LogP contribution in [0.15, 0.2) is 12.1 Å². The van der Waals surface area contributed by atoms with Crippen LogP contribution in [0.25, 0.3) is 0 Å². The van der Waals surface area contributed by atoms with E-state index in [-0.39, 0.29) is 11.6 Å². The van der Waals surface area contributed by atoms with Gasteiger partial charge in [-0.05, 0) is 87.0 Å². The summed E-state index contributed by atoms with van der Waals surface area (Å²) in [5, 5.41) is 0. The average molecular weight is 543 g/mol. The lowest BCUT2D eigenvalue weighted by Crippen LogP contribution is -2.36. The summed E-state index contributed by atoms with van der Waals surface area (Å²) in [5.74, 6) is 4.09. The fourth-order valence-electron chi connectivity index (χ4n) is 6.11. The minimum Gasteiger partial charge on any atom is -0.487 e. The van der Waals surface area contributed by atoms with Gasteiger partial charge in [0, 0.05) is 6.42 Å². The lowest BCUT2D eigenvalue weighted by molar-refractivity contribution is -0.134. The first-order chi connectivity index (χ1) is 18.6. The Morgan fingerprint density at radius 3 is 2.15 bits per heavy atom. The minimum atomic E-state index is -0.110. The van der Waals surface area contributed by atoms with E-state index in [1.807, 2.05) is 12.1 Å². The van der Waals surface area contributed by atoms with Crippen LogP contribution in [0.4, 0.5) is 0 Å². The third-order valence-electron chi connectivity index (χ3n) is 8.84. The number of esters is 1. The molecule has 2 rings (SSSR count). The van der Waals surface area contributed by atoms with Crippen LogP contribution in [0.5, 0.6) is 11.5 Å². The van der Waals surface area contributed by atoms with Crippen molar-refractivity contribution in [2.75, 3.05) is 0 Å². The maximum atomic E-state index is 12.4. The SMILES string of the molecule is CCCCCCCCC(=O)Oc1cc(C)c2c(c1)CC[C@@](C)(CCC[C@H](C)CCC[C@H](C)CCCC(C)C)O2. The Labute approximate surface area is 242 Å². The fourth-order valence-corrected chi connectivity index (χ4v) is 6.11. The van der Waals surface area contributed by atoms with Gasteiger partial charge < -0.3 is 9.47 Å². The number of hydrogen-bond acceptors (Lipinski definition) is 3. The molecule has 1 aliphatic heterocycles. The second-order valence-electron chi connectivity index (χ2n) is 13.6. The van der Waals surface area contributed by atoms with Crippen molar-refractivity contribution in [2.45, 2.75) is 170 Å². The van der Waals surface area contributed by atoms with Crippen LogP contribution in [0.3, 0.4) is 0 Å². The van der Waals surface area contributed by atoms with Crippen molar-refractivity contribution < 1.29 is 14.3 Å². The zero-order chi connectivity index (χ0) is 28.7. The molecule has 0 fully saturated rings. The molecule has 1 heterocycles. The first-order valence-electron chi connectivity index (χ1n) is 16.6. The third-order valence-corrected chi connectivity index (χ3v) is 8.84. The first-order valence-corrected chi connectivity index (χ1v) is 16.6. The van der Waals surface area contributed by atoms with Crippen LogP contribution in [0.1, 0.15) is 162 Å². The summed E-state index contributed by atoms with van der Waals surface area (Å²) >= 11 is 0. The Hall–Kier alpha value is -1.51. The van der Waals surface area contributed by atoms with E-state index >= 15 is 0 Å². The van der Waals surface area contributed by atoms with Gasteiger partial charge in [0.05, 0.1) is 0 Å². The van der Waals surface area contributed by atoms with E-state index in [0.717, 1.165) is 61.2 Å². The molecule has 0 amide bonds. The molecule has 39 heavy (non-hydrogen) atoms. The smallest absolute Gasteiger partial charge is 0.311 e. The van der Waals surface area contributed by atoms with Gasteiger partial charge in [-0.1, -0.05) is 112 Å². The maximum absolute atomic E-state index is 12.4. The molecule has 0 radical (unpaired) electrons. The molecule has 3 atom stereocenters. The second-order valence-corrected chi connectivity index (χ2v) is 13.6. The summed E-state index contributed by atoms with van der Waals surface area (Å²) in [6, 6.07) is 4.02. The van der Waals surface area contributed by atoms with Crippen molar-refractivity contribution in [1.82, 2.24) is 0 Å². The number of unbranched alkanes of at least 4 members (excludes halogenated alkanes) is 5. The minimum absolute atomic E-state index is 0.0988. The van der Waals surface area contributed by atoms with Crippen molar-refractivity contribution in [3.05, 3.63) is 23.3 Å². The summed E-state index contributed by atoms with van der Waals surface area (Å²) in [4.78, 5) is 12.4. The van der Waals surface area contributed by atoms with E-state index in [1.165, 1.54) is 82.6 Å². The molecule has 3 nitrogen and oxygen atoms in total. The Bertz CT molecular complexity index is 829. The predicted molar refractivity (Wildman–Crippen MR) is 167 cm³/mol. The first kappa shape index (κ1) is 33.7. The summed E-state index contributed by atoms with van der Waals surface area (Å²) < 4.78 is 12.3. The molecule has 0 saturated heterocycles. The normalized spacial score (nSPS) is 18.5. The van der Waals surface area contributed by atoms with E-state index in [2.05, 4.69) is 48.5 Å². The van der Waals surface area contributed by atoms with E-state index in [4.69, 9.17) is 9.47 Å². The molecule has 0 N–H and O–H groups in total. The van der Waals surface area contributed by atoms with Crippen molar-refractivity contribution in [1.29, 1.82) is 0 Å². The van der Waals surface area contributed by atoms with Crippen molar-refractivity contribution >= 4 is 5.97 Å². The topological polar surface area (TPSA) is 35.5 Å². The molecule has 3 heteroatoms. The summed E-state index contributed by atoms with van der Waals surface area (Å²) in [5.41, 5.74) is 2.17. The highest BCUT2D eigenvalue weighted by Crippen LogP contribution is 2.40. The van der Waals surface area contributed by atoms with Crippen LogP contribution >= 0.6 is 0 Å². The van der Waals surface area contributed by atoms with Crippen LogP contribution in [-0.4, -0.2) is 11.6 Å². The lowest BCUT2D eigenvalue weighted by Gasteiger charge is -2.37. The van der Waals surface area contributed by atoms with Gasteiger partial charge in [-0.2, -0.15) is 0 Å². The van der Waals surface area contributed by atoms with E-state index in [0.29, 0.717) is 12.2 Å². The summed E-state index contributed by atoms with van der Waals surface area (Å²) in [6.45, 7) is 16.1. The molecule has 1 aromatic rings. The van der Waals surface area contributed by atoms with Gasteiger partial charge in [0.15, 0.2) is 0 Å². The molecule has 0 aliphatic carbocycles. The van der Waals surface area contributed by atoms with Crippen molar-refractivity contribution in [2.24, 2.45) is 17.8 Å². The Balaban J connectivity index is 1.71. The van der Waals surface area contributed by atoms with E-state index < -0.39 is 0 Å². The van der Waals surface area contributed by atoms with Crippen molar-refractivity contribution in [3.63, 3.8) is 0 Å². The largest absolute Gasteiger partial charge is 0.487 e. The number of carbonyl (C=O) groups excluding carboxylic acids is 1. The number of benzene rings is 1. The average Bonchev–Trinajstić information content (AvgIpc) is 2.86. The zero-order valence-electron chi connectivity index (χ0n) is 26.8. The van der Waals surface area contributed by atoms with E-state index in [9.17, 15) is 4.79 Å². The molecular formula is C36H62O3. The fraction of sp³-hybridized carbons (Fsp3) is 0.806. The molecule has 1 aliphatic rings. The quantitative estimate of drug-likeness (QED) is 0.0933. The molecule has 1 aromatic carbocycles. The van der Waals surface area contributed by atoms with Gasteiger partial charge in [0.1, 0.15) is 17.1 Å². The number of fused-ring (bicyclic) bond motifs is 1. The van der Waals surface area contributed by atoms with Crippen molar-refractivity contribution in [3.8, 4) is 11.5 Å². The maximum Gasteiger partial charge on any atom is 0.311 e. The monoisotopic (exact) mass is 542 g/mol. The lowest BCUT2D eigenvalue weighted by atomic mass is 9.85. The zero-order valence-corrected chi connectivity index (χ0v) is 26.8. The number of carbonyl (C=O) groups is 1. The van der Waals surface area contributed by atoms with E-state index in [1.54, 1.807) is 0 Å².